The van der Waals surface area contributed by atoms with Crippen molar-refractivity contribution >= 4 is 36.6 Å². The third-order valence-corrected chi connectivity index (χ3v) is 4.96. The van der Waals surface area contributed by atoms with Crippen LogP contribution in [-0.4, -0.2) is 45.4 Å². The number of amides is 2. The minimum absolute atomic E-state index is 0. The largest absolute Gasteiger partial charge is 0.370 e. The summed E-state index contributed by atoms with van der Waals surface area (Å²) in [4.78, 5) is 30.0. The van der Waals surface area contributed by atoms with Crippen molar-refractivity contribution in [3.8, 4) is 0 Å². The lowest BCUT2D eigenvalue weighted by Crippen LogP contribution is -2.49. The van der Waals surface area contributed by atoms with Gasteiger partial charge in [0.05, 0.1) is 18.1 Å². The average Bonchev–Trinajstić information content (AvgIpc) is 3.08. The molecule has 7 nitrogen and oxygen atoms in total. The Morgan fingerprint density at radius 1 is 1.21 bits per heavy atom. The normalized spacial score (nSPS) is 17.0. The minimum atomic E-state index is -0.627. The van der Waals surface area contributed by atoms with Crippen molar-refractivity contribution in [1.29, 1.82) is 0 Å². The molecule has 0 saturated carbocycles. The van der Waals surface area contributed by atoms with Crippen LogP contribution in [0.5, 0.6) is 0 Å². The predicted octanol–water partition coefficient (Wildman–Crippen LogP) is 1.76. The van der Waals surface area contributed by atoms with Crippen molar-refractivity contribution in [2.24, 2.45) is 17.4 Å². The van der Waals surface area contributed by atoms with Gasteiger partial charge in [-0.25, -0.2) is 4.98 Å². The van der Waals surface area contributed by atoms with Crippen LogP contribution < -0.4 is 11.5 Å². The molecule has 2 heterocycles. The van der Waals surface area contributed by atoms with Gasteiger partial charge >= 0.3 is 0 Å². The van der Waals surface area contributed by atoms with Crippen LogP contribution in [0.15, 0.2) is 42.9 Å². The van der Waals surface area contributed by atoms with Gasteiger partial charge < -0.3 is 20.9 Å². The molecule has 2 aromatic rings. The number of primary amides is 1. The van der Waals surface area contributed by atoms with Gasteiger partial charge in [0.1, 0.15) is 0 Å². The molecule has 1 aromatic carbocycles. The summed E-state index contributed by atoms with van der Waals surface area (Å²) in [6.45, 7) is 1.97. The lowest BCUT2D eigenvalue weighted by Gasteiger charge is -2.33. The van der Waals surface area contributed by atoms with Gasteiger partial charge in [-0.3, -0.25) is 9.59 Å². The molecule has 1 aliphatic heterocycles. The maximum Gasteiger partial charge on any atom is 0.239 e. The van der Waals surface area contributed by atoms with E-state index in [1.807, 2.05) is 29.0 Å². The zero-order valence-electron chi connectivity index (χ0n) is 16.3. The Morgan fingerprint density at radius 2 is 1.93 bits per heavy atom. The highest BCUT2D eigenvalue weighted by Crippen LogP contribution is 2.20. The second kappa shape index (κ2) is 11.8. The van der Waals surface area contributed by atoms with Crippen molar-refractivity contribution in [3.63, 3.8) is 0 Å². The zero-order chi connectivity index (χ0) is 19.2. The molecule has 0 aliphatic carbocycles. The van der Waals surface area contributed by atoms with Crippen molar-refractivity contribution in [2.75, 3.05) is 13.1 Å². The van der Waals surface area contributed by atoms with Crippen LogP contribution in [-0.2, 0) is 22.6 Å². The molecule has 0 bridgehead atoms. The van der Waals surface area contributed by atoms with Crippen LogP contribution in [0.25, 0.3) is 0 Å². The van der Waals surface area contributed by atoms with E-state index in [1.54, 1.807) is 11.2 Å². The molecule has 1 aromatic heterocycles. The van der Waals surface area contributed by atoms with Crippen molar-refractivity contribution in [2.45, 2.75) is 38.3 Å². The van der Waals surface area contributed by atoms with Crippen molar-refractivity contribution in [3.05, 3.63) is 54.1 Å². The Balaban J connectivity index is 0.00000210. The summed E-state index contributed by atoms with van der Waals surface area (Å²) in [5.74, 6) is -0.262. The molecule has 2 atom stereocenters. The van der Waals surface area contributed by atoms with Gasteiger partial charge in [-0.15, -0.1) is 24.8 Å². The summed E-state index contributed by atoms with van der Waals surface area (Å²) in [7, 11) is 0. The SMILES string of the molecule is Cl.Cl.NC(=O)CC1CCCN(C(=O)[C@@H](N)Cc2cn(Cc3ccccc3)cn2)C1. The van der Waals surface area contributed by atoms with Crippen LogP contribution in [0.2, 0.25) is 0 Å². The van der Waals surface area contributed by atoms with Gasteiger partial charge in [0, 0.05) is 38.7 Å². The highest BCUT2D eigenvalue weighted by atomic mass is 35.5. The number of benzene rings is 1. The fourth-order valence-corrected chi connectivity index (χ4v) is 3.66. The van der Waals surface area contributed by atoms with Gasteiger partial charge in [0.15, 0.2) is 0 Å². The number of nitrogens with zero attached hydrogens (tertiary/aromatic N) is 3. The van der Waals surface area contributed by atoms with E-state index >= 15 is 0 Å². The van der Waals surface area contributed by atoms with E-state index < -0.39 is 6.04 Å². The molecular weight excluding hydrogens is 413 g/mol. The van der Waals surface area contributed by atoms with E-state index in [0.29, 0.717) is 25.9 Å². The van der Waals surface area contributed by atoms with Gasteiger partial charge in [-0.2, -0.15) is 0 Å². The van der Waals surface area contributed by atoms with E-state index in [0.717, 1.165) is 25.1 Å². The van der Waals surface area contributed by atoms with Crippen LogP contribution >= 0.6 is 24.8 Å². The van der Waals surface area contributed by atoms with E-state index in [9.17, 15) is 9.59 Å². The summed E-state index contributed by atoms with van der Waals surface area (Å²) < 4.78 is 1.99. The third-order valence-electron chi connectivity index (χ3n) is 4.96. The number of halogens is 2. The quantitative estimate of drug-likeness (QED) is 0.681. The molecule has 1 saturated heterocycles. The molecule has 1 unspecified atom stereocenters. The van der Waals surface area contributed by atoms with Crippen LogP contribution in [0.3, 0.4) is 0 Å². The molecule has 4 N–H and O–H groups in total. The third kappa shape index (κ3) is 7.34. The number of hydrogen-bond donors (Lipinski definition) is 2. The van der Waals surface area contributed by atoms with Crippen LogP contribution in [0.1, 0.15) is 30.5 Å². The number of aromatic nitrogens is 2. The summed E-state index contributed by atoms with van der Waals surface area (Å²) >= 11 is 0. The maximum atomic E-state index is 12.7. The number of carbonyl (C=O) groups is 2. The number of imidazole rings is 1. The number of rotatable bonds is 7. The number of hydrogen-bond acceptors (Lipinski definition) is 4. The molecule has 29 heavy (non-hydrogen) atoms. The lowest BCUT2D eigenvalue weighted by molar-refractivity contribution is -0.135. The highest BCUT2D eigenvalue weighted by molar-refractivity contribution is 5.85. The minimum Gasteiger partial charge on any atom is -0.370 e. The molecular formula is C20H29Cl2N5O2. The number of likely N-dealkylation sites (tertiary alicyclic amines) is 1. The molecule has 2 amide bonds. The van der Waals surface area contributed by atoms with Gasteiger partial charge in [0.25, 0.3) is 0 Å². The Bertz CT molecular complexity index is 784. The van der Waals surface area contributed by atoms with Crippen LogP contribution in [0, 0.1) is 5.92 Å². The van der Waals surface area contributed by atoms with E-state index in [4.69, 9.17) is 11.5 Å². The first-order valence-electron chi connectivity index (χ1n) is 9.38. The van der Waals surface area contributed by atoms with Gasteiger partial charge in [0.2, 0.25) is 11.8 Å². The predicted molar refractivity (Wildman–Crippen MR) is 117 cm³/mol. The smallest absolute Gasteiger partial charge is 0.239 e. The second-order valence-corrected chi connectivity index (χ2v) is 7.30. The number of carbonyl (C=O) groups excluding carboxylic acids is 2. The molecule has 160 valence electrons. The van der Waals surface area contributed by atoms with Gasteiger partial charge in [-0.05, 0) is 24.3 Å². The Labute approximate surface area is 183 Å². The summed E-state index contributed by atoms with van der Waals surface area (Å²) in [6, 6.07) is 9.50. The molecule has 1 fully saturated rings. The zero-order valence-corrected chi connectivity index (χ0v) is 17.9. The first-order valence-corrected chi connectivity index (χ1v) is 9.38. The fourth-order valence-electron chi connectivity index (χ4n) is 3.66. The molecule has 3 rings (SSSR count). The second-order valence-electron chi connectivity index (χ2n) is 7.30. The lowest BCUT2D eigenvalue weighted by atomic mass is 9.94. The monoisotopic (exact) mass is 441 g/mol. The molecule has 0 radical (unpaired) electrons. The standard InChI is InChI=1S/C20H27N5O2.2ClH/c21-18(20(27)25-8-4-7-16(12-25)9-19(22)26)10-17-13-24(14-23-17)11-15-5-2-1-3-6-15;;/h1-3,5-6,13-14,16,18H,4,7-12,21H2,(H2,22,26);2*1H/t16?,18-;;/m0../s1. The van der Waals surface area contributed by atoms with Crippen molar-refractivity contribution in [1.82, 2.24) is 14.5 Å². The first-order chi connectivity index (χ1) is 13.0. The van der Waals surface area contributed by atoms with Crippen molar-refractivity contribution < 1.29 is 9.59 Å². The summed E-state index contributed by atoms with van der Waals surface area (Å²) in [6.07, 6.45) is 6.23. The van der Waals surface area contributed by atoms with Gasteiger partial charge in [-0.1, -0.05) is 30.3 Å². The van der Waals surface area contributed by atoms with Crippen LogP contribution in [0.4, 0.5) is 0 Å². The maximum absolute atomic E-state index is 12.7. The van der Waals surface area contributed by atoms with E-state index in [1.165, 1.54) is 5.56 Å². The Hall–Kier alpha value is -2.09. The number of piperidine rings is 1. The molecule has 9 heteroatoms. The topological polar surface area (TPSA) is 107 Å². The number of nitrogens with two attached hydrogens (primary N) is 2. The first kappa shape index (κ1) is 24.9. The Morgan fingerprint density at radius 3 is 2.62 bits per heavy atom. The average molecular weight is 442 g/mol. The summed E-state index contributed by atoms with van der Waals surface area (Å²) in [5.41, 5.74) is 13.4. The molecule has 1 aliphatic rings. The fraction of sp³-hybridized carbons (Fsp3) is 0.450. The van der Waals surface area contributed by atoms with E-state index in [2.05, 4.69) is 17.1 Å². The summed E-state index contributed by atoms with van der Waals surface area (Å²) in [5, 5.41) is 0. The van der Waals surface area contributed by atoms with E-state index in [-0.39, 0.29) is 42.5 Å². The molecule has 0 spiro atoms. The highest BCUT2D eigenvalue weighted by Gasteiger charge is 2.28. The Kier molecular flexibility index (Phi) is 10.2.